The van der Waals surface area contributed by atoms with Crippen molar-refractivity contribution in [2.24, 2.45) is 5.92 Å². The number of nitrogens with zero attached hydrogens (tertiary/aromatic N) is 1. The number of fused-ring (bicyclic) bond motifs is 1. The van der Waals surface area contributed by atoms with Crippen molar-refractivity contribution in [3.63, 3.8) is 0 Å². The molecule has 0 radical (unpaired) electrons. The highest BCUT2D eigenvalue weighted by Crippen LogP contribution is 2.44. The first-order valence-corrected chi connectivity index (χ1v) is 13.4. The molecule has 0 atom stereocenters. The van der Waals surface area contributed by atoms with Gasteiger partial charge in [0.2, 0.25) is 0 Å². The molecule has 5 rings (SSSR count). The van der Waals surface area contributed by atoms with Gasteiger partial charge in [-0.3, -0.25) is 9.29 Å². The van der Waals surface area contributed by atoms with Crippen molar-refractivity contribution >= 4 is 28.8 Å². The lowest BCUT2D eigenvalue weighted by Gasteiger charge is -2.37. The van der Waals surface area contributed by atoms with Crippen molar-refractivity contribution in [3.05, 3.63) is 105 Å². The minimum absolute atomic E-state index is 0.0709. The Labute approximate surface area is 227 Å². The van der Waals surface area contributed by atoms with E-state index in [4.69, 9.17) is 16.3 Å². The maximum Gasteiger partial charge on any atom is 0.137 e. The predicted octanol–water partition coefficient (Wildman–Crippen LogP) is 8.17. The summed E-state index contributed by atoms with van der Waals surface area (Å²) in [5.74, 6) is -1.13. The van der Waals surface area contributed by atoms with Crippen LogP contribution in [0.2, 0.25) is 5.02 Å². The third-order valence-electron chi connectivity index (χ3n) is 7.38. The summed E-state index contributed by atoms with van der Waals surface area (Å²) in [5, 5.41) is 0.553. The molecule has 0 unspecified atom stereocenters. The van der Waals surface area contributed by atoms with E-state index >= 15 is 8.78 Å². The second kappa shape index (κ2) is 11.4. The predicted molar refractivity (Wildman–Crippen MR) is 149 cm³/mol. The molecule has 0 aromatic heterocycles. The fourth-order valence-corrected chi connectivity index (χ4v) is 5.78. The van der Waals surface area contributed by atoms with Crippen molar-refractivity contribution < 1.29 is 17.9 Å². The van der Waals surface area contributed by atoms with Crippen LogP contribution in [0.5, 0.6) is 5.75 Å². The Morgan fingerprint density at radius 3 is 2.45 bits per heavy atom. The lowest BCUT2D eigenvalue weighted by molar-refractivity contribution is 0.0667. The largest absolute Gasteiger partial charge is 0.492 e. The van der Waals surface area contributed by atoms with Crippen LogP contribution in [0.3, 0.4) is 0 Å². The van der Waals surface area contributed by atoms with Gasteiger partial charge in [0, 0.05) is 42.7 Å². The number of ether oxygens (including phenoxy) is 1. The van der Waals surface area contributed by atoms with Gasteiger partial charge in [-0.1, -0.05) is 61.0 Å². The number of allylic oxidation sites excluding steroid dienone is 3. The van der Waals surface area contributed by atoms with E-state index < -0.39 is 11.6 Å². The van der Waals surface area contributed by atoms with Gasteiger partial charge in [0.05, 0.1) is 12.2 Å². The Hall–Kier alpha value is -3.02. The third-order valence-corrected chi connectivity index (χ3v) is 7.70. The zero-order valence-electron chi connectivity index (χ0n) is 21.7. The van der Waals surface area contributed by atoms with Crippen molar-refractivity contribution in [1.29, 1.82) is 0 Å². The van der Waals surface area contributed by atoms with E-state index in [1.807, 2.05) is 62.4 Å². The molecule has 1 aliphatic carbocycles. The quantitative estimate of drug-likeness (QED) is 0.255. The van der Waals surface area contributed by atoms with Gasteiger partial charge in [0.15, 0.2) is 0 Å². The molecule has 1 fully saturated rings. The van der Waals surface area contributed by atoms with Crippen molar-refractivity contribution in [1.82, 2.24) is 4.90 Å². The second-order valence-corrected chi connectivity index (χ2v) is 10.5. The van der Waals surface area contributed by atoms with E-state index in [2.05, 4.69) is 4.90 Å². The molecule has 1 heterocycles. The first-order valence-electron chi connectivity index (χ1n) is 13.1. The number of hydrogen-bond acceptors (Lipinski definition) is 2. The fraction of sp³-hybridized carbons (Fsp3) is 0.312. The summed E-state index contributed by atoms with van der Waals surface area (Å²) in [6.07, 6.45) is 3.13. The van der Waals surface area contributed by atoms with Crippen LogP contribution in [-0.4, -0.2) is 37.8 Å². The van der Waals surface area contributed by atoms with Gasteiger partial charge in [0.25, 0.3) is 0 Å². The van der Waals surface area contributed by atoms with Gasteiger partial charge < -0.3 is 4.74 Å². The number of alkyl halides is 1. The molecule has 38 heavy (non-hydrogen) atoms. The van der Waals surface area contributed by atoms with Gasteiger partial charge in [-0.25, -0.2) is 8.78 Å². The summed E-state index contributed by atoms with van der Waals surface area (Å²) in [6, 6.07) is 16.3. The van der Waals surface area contributed by atoms with Crippen molar-refractivity contribution in [2.75, 3.05) is 32.9 Å². The van der Waals surface area contributed by atoms with Gasteiger partial charge in [0.1, 0.15) is 24.0 Å². The van der Waals surface area contributed by atoms with Crippen LogP contribution in [0, 0.1) is 24.5 Å². The maximum absolute atomic E-state index is 15.8. The molecule has 6 heteroatoms. The number of rotatable bonds is 9. The lowest BCUT2D eigenvalue weighted by Crippen LogP contribution is -2.49. The van der Waals surface area contributed by atoms with Crippen molar-refractivity contribution in [3.8, 4) is 5.75 Å². The zero-order valence-corrected chi connectivity index (χ0v) is 22.4. The Morgan fingerprint density at radius 1 is 1.05 bits per heavy atom. The monoisotopic (exact) mass is 537 g/mol. The van der Waals surface area contributed by atoms with Crippen LogP contribution >= 0.6 is 11.6 Å². The number of likely N-dealkylation sites (tertiary alicyclic amines) is 1. The number of aryl methyl sites for hydroxylation is 1. The van der Waals surface area contributed by atoms with Crippen LogP contribution in [0.25, 0.3) is 17.2 Å². The Bertz CT molecular complexity index is 1380. The smallest absolute Gasteiger partial charge is 0.137 e. The van der Waals surface area contributed by atoms with Gasteiger partial charge >= 0.3 is 0 Å². The molecule has 0 N–H and O–H groups in total. The summed E-state index contributed by atoms with van der Waals surface area (Å²) in [5.41, 5.74) is 6.06. The molecule has 3 aromatic carbocycles. The van der Waals surface area contributed by atoms with Crippen LogP contribution in [-0.2, 0) is 6.42 Å². The molecule has 0 bridgehead atoms. The Balaban J connectivity index is 1.53. The average Bonchev–Trinajstić information content (AvgIpc) is 3.29. The Morgan fingerprint density at radius 2 is 1.79 bits per heavy atom. The van der Waals surface area contributed by atoms with Crippen LogP contribution in [0.15, 0.2) is 60.2 Å². The molecule has 3 aromatic rings. The van der Waals surface area contributed by atoms with E-state index in [1.54, 1.807) is 0 Å². The summed E-state index contributed by atoms with van der Waals surface area (Å²) in [6.45, 7) is 5.86. The number of hydrogen-bond donors (Lipinski definition) is 0. The van der Waals surface area contributed by atoms with Crippen molar-refractivity contribution in [2.45, 2.75) is 26.7 Å². The Kier molecular flexibility index (Phi) is 7.96. The van der Waals surface area contributed by atoms with Crippen LogP contribution in [0.4, 0.5) is 13.2 Å². The molecule has 2 nitrogen and oxygen atoms in total. The summed E-state index contributed by atoms with van der Waals surface area (Å²) >= 11 is 6.67. The van der Waals surface area contributed by atoms with E-state index in [9.17, 15) is 4.39 Å². The topological polar surface area (TPSA) is 12.5 Å². The van der Waals surface area contributed by atoms with Crippen LogP contribution < -0.4 is 4.74 Å². The number of halogens is 4. The molecule has 0 amide bonds. The molecular formula is C32H31ClF3NO. The first kappa shape index (κ1) is 26.6. The van der Waals surface area contributed by atoms with Gasteiger partial charge in [-0.2, -0.15) is 0 Å². The van der Waals surface area contributed by atoms with E-state index in [0.717, 1.165) is 33.4 Å². The normalized spacial score (nSPS) is 16.1. The molecule has 1 saturated heterocycles. The SMILES string of the molecule is CC/C(=C(\C1=Cc2ccccc2C1)c1c(F)cc(OCCN2CC(CF)C2)cc1F)c1ccc(C)cc1Cl. The molecule has 1 aliphatic heterocycles. The van der Waals surface area contributed by atoms with Crippen LogP contribution in [0.1, 0.15) is 41.2 Å². The van der Waals surface area contributed by atoms with Gasteiger partial charge in [-0.05, 0) is 64.8 Å². The highest BCUT2D eigenvalue weighted by molar-refractivity contribution is 6.33. The maximum atomic E-state index is 15.8. The summed E-state index contributed by atoms with van der Waals surface area (Å²) in [7, 11) is 0. The highest BCUT2D eigenvalue weighted by atomic mass is 35.5. The standard InChI is InChI=1S/C32H31ClF3NO/c1-3-26(27-9-8-20(2)12-28(27)33)31(24-13-22-6-4-5-7-23(22)14-24)32-29(35)15-25(16-30(32)36)38-11-10-37-18-21(17-34)19-37/h4-9,12-13,15-16,21H,3,10-11,14,17-19H2,1-2H3/b31-26-. The third kappa shape index (κ3) is 5.41. The van der Waals surface area contributed by atoms with E-state index in [0.29, 0.717) is 43.1 Å². The zero-order chi connectivity index (χ0) is 26.8. The van der Waals surface area contributed by atoms with E-state index in [1.165, 1.54) is 12.1 Å². The summed E-state index contributed by atoms with van der Waals surface area (Å²) < 4.78 is 50.0. The molecule has 0 spiro atoms. The first-order chi connectivity index (χ1) is 18.4. The number of benzene rings is 3. The minimum Gasteiger partial charge on any atom is -0.492 e. The summed E-state index contributed by atoms with van der Waals surface area (Å²) in [4.78, 5) is 2.06. The molecule has 198 valence electrons. The molecule has 2 aliphatic rings. The molecular weight excluding hydrogens is 507 g/mol. The van der Waals surface area contributed by atoms with E-state index in [-0.39, 0.29) is 30.5 Å². The second-order valence-electron chi connectivity index (χ2n) is 10.1. The minimum atomic E-state index is -0.678. The molecule has 0 saturated carbocycles. The fourth-order valence-electron chi connectivity index (χ4n) is 5.43. The van der Waals surface area contributed by atoms with Gasteiger partial charge in [-0.15, -0.1) is 0 Å². The lowest BCUT2D eigenvalue weighted by atomic mass is 9.86. The highest BCUT2D eigenvalue weighted by Gasteiger charge is 2.28. The average molecular weight is 538 g/mol.